The Hall–Kier alpha value is -2.65. The number of aliphatic hydroxyl groups excluding tert-OH is 1. The van der Waals surface area contributed by atoms with Gasteiger partial charge in [-0.2, -0.15) is 0 Å². The van der Waals surface area contributed by atoms with Crippen molar-refractivity contribution >= 4 is 17.8 Å². The zero-order valence-electron chi connectivity index (χ0n) is 24.7. The monoisotopic (exact) mass is 561 g/mol. The van der Waals surface area contributed by atoms with Crippen molar-refractivity contribution in [3.63, 3.8) is 0 Å². The number of carbonyl (C=O) groups excluding carboxylic acids is 3. The molecule has 2 saturated heterocycles. The van der Waals surface area contributed by atoms with Gasteiger partial charge in [-0.15, -0.1) is 0 Å². The molecule has 0 aromatic heterocycles. The molecule has 0 radical (unpaired) electrons. The molecule has 40 heavy (non-hydrogen) atoms. The Kier molecular flexibility index (Phi) is 12.3. The van der Waals surface area contributed by atoms with E-state index in [1.807, 2.05) is 38.1 Å². The first-order valence-corrected chi connectivity index (χ1v) is 14.8. The number of cyclic esters (lactones) is 2. The maximum absolute atomic E-state index is 13.8. The smallest absolute Gasteiger partial charge is 0.313 e. The fourth-order valence-corrected chi connectivity index (χ4v) is 5.44. The molecule has 1 N–H and O–H groups in total. The lowest BCUT2D eigenvalue weighted by atomic mass is 9.97. The van der Waals surface area contributed by atoms with Gasteiger partial charge in [0.25, 0.3) is 5.91 Å². The number of hydrogen-bond donors (Lipinski definition) is 1. The number of rotatable bonds is 11. The molecule has 0 aliphatic carbocycles. The summed E-state index contributed by atoms with van der Waals surface area (Å²) in [5.74, 6) is -1.70. The van der Waals surface area contributed by atoms with E-state index in [-0.39, 0.29) is 37.8 Å². The van der Waals surface area contributed by atoms with Crippen LogP contribution in [0.5, 0.6) is 5.75 Å². The molecule has 2 fully saturated rings. The van der Waals surface area contributed by atoms with Crippen LogP contribution in [0.25, 0.3) is 0 Å². The molecule has 1 amide bonds. The molecule has 0 bridgehead atoms. The number of carbonyl (C=O) groups is 3. The predicted octanol–water partition coefficient (Wildman–Crippen LogP) is 4.42. The average molecular weight is 562 g/mol. The van der Waals surface area contributed by atoms with E-state index in [9.17, 15) is 19.5 Å². The Morgan fingerprint density at radius 3 is 2.40 bits per heavy atom. The SMILES string of the molecule is CCCCCCC[C@@H]1OC(=O)C[C@@H](OCc2ccc(OC)cc2)[C@@H]2C[C@@H](O)CN2C(=O)[C@H](C(C)C)OC(=O)[C@H]1C. The molecule has 224 valence electrons. The van der Waals surface area contributed by atoms with Crippen LogP contribution in [0.2, 0.25) is 0 Å². The average Bonchev–Trinajstić information content (AvgIpc) is 3.33. The van der Waals surface area contributed by atoms with E-state index in [1.54, 1.807) is 14.0 Å². The first-order chi connectivity index (χ1) is 19.1. The summed E-state index contributed by atoms with van der Waals surface area (Å²) in [6.07, 6.45) is 2.69. The molecule has 0 unspecified atom stereocenters. The third-order valence-corrected chi connectivity index (χ3v) is 7.92. The summed E-state index contributed by atoms with van der Waals surface area (Å²) in [4.78, 5) is 41.8. The summed E-state index contributed by atoms with van der Waals surface area (Å²) in [5.41, 5.74) is 0.879. The van der Waals surface area contributed by atoms with Gasteiger partial charge < -0.3 is 29.0 Å². The Bertz CT molecular complexity index is 965. The van der Waals surface area contributed by atoms with Crippen LogP contribution in [0.1, 0.15) is 84.6 Å². The standard InChI is InChI=1S/C31H47NO8/c1-6-7-8-9-10-11-26-21(4)31(36)40-29(20(2)3)30(35)32-18-23(33)16-25(32)27(17-28(34)39-26)38-19-22-12-14-24(37-5)15-13-22/h12-15,20-21,23,25-27,29,33H,6-11,16-19H2,1-5H3/t21-,23+,25-,26-,27+,29-/m0/s1. The van der Waals surface area contributed by atoms with Gasteiger partial charge in [-0.05, 0) is 49.8 Å². The van der Waals surface area contributed by atoms with Crippen molar-refractivity contribution in [1.82, 2.24) is 4.90 Å². The molecule has 2 aliphatic heterocycles. The molecule has 2 aliphatic rings. The summed E-state index contributed by atoms with van der Waals surface area (Å²) in [6, 6.07) is 6.85. The van der Waals surface area contributed by atoms with Gasteiger partial charge in [-0.1, -0.05) is 58.6 Å². The molecular formula is C31H47NO8. The predicted molar refractivity (Wildman–Crippen MR) is 149 cm³/mol. The fraction of sp³-hybridized carbons (Fsp3) is 0.710. The van der Waals surface area contributed by atoms with Crippen LogP contribution in [0.3, 0.4) is 0 Å². The first kappa shape index (κ1) is 31.9. The van der Waals surface area contributed by atoms with Gasteiger partial charge in [0.15, 0.2) is 6.10 Å². The van der Waals surface area contributed by atoms with Crippen molar-refractivity contribution in [3.8, 4) is 5.75 Å². The van der Waals surface area contributed by atoms with Crippen LogP contribution in [0.4, 0.5) is 0 Å². The summed E-state index contributed by atoms with van der Waals surface area (Å²) in [6.45, 7) is 7.79. The van der Waals surface area contributed by atoms with Crippen LogP contribution >= 0.6 is 0 Å². The molecule has 1 aromatic carbocycles. The van der Waals surface area contributed by atoms with E-state index >= 15 is 0 Å². The number of unbranched alkanes of at least 4 members (excludes halogenated alkanes) is 4. The van der Waals surface area contributed by atoms with E-state index in [2.05, 4.69) is 6.92 Å². The molecule has 1 aromatic rings. The molecule has 3 rings (SSSR count). The molecular weight excluding hydrogens is 514 g/mol. The summed E-state index contributed by atoms with van der Waals surface area (Å²) in [5, 5.41) is 10.6. The number of methoxy groups -OCH3 is 1. The molecule has 9 nitrogen and oxygen atoms in total. The Labute approximate surface area is 238 Å². The Balaban J connectivity index is 1.87. The highest BCUT2D eigenvalue weighted by Gasteiger charge is 2.45. The minimum Gasteiger partial charge on any atom is -0.497 e. The first-order valence-electron chi connectivity index (χ1n) is 14.8. The van der Waals surface area contributed by atoms with E-state index in [0.29, 0.717) is 6.42 Å². The lowest BCUT2D eigenvalue weighted by Gasteiger charge is -2.36. The molecule has 6 atom stereocenters. The number of ether oxygens (including phenoxy) is 4. The van der Waals surface area contributed by atoms with E-state index < -0.39 is 48.3 Å². The van der Waals surface area contributed by atoms with Gasteiger partial charge in [-0.25, -0.2) is 0 Å². The van der Waals surface area contributed by atoms with Crippen LogP contribution < -0.4 is 4.74 Å². The number of benzene rings is 1. The fourth-order valence-electron chi connectivity index (χ4n) is 5.44. The second-order valence-electron chi connectivity index (χ2n) is 11.5. The van der Waals surface area contributed by atoms with Gasteiger partial charge in [0.2, 0.25) is 0 Å². The molecule has 0 saturated carbocycles. The number of fused-ring (bicyclic) bond motifs is 1. The zero-order valence-corrected chi connectivity index (χ0v) is 24.7. The highest BCUT2D eigenvalue weighted by atomic mass is 16.6. The summed E-state index contributed by atoms with van der Waals surface area (Å²) < 4.78 is 23.2. The second-order valence-corrected chi connectivity index (χ2v) is 11.5. The number of nitrogens with zero attached hydrogens (tertiary/aromatic N) is 1. The molecule has 0 spiro atoms. The van der Waals surface area contributed by atoms with Crippen molar-refractivity contribution in [2.75, 3.05) is 13.7 Å². The largest absolute Gasteiger partial charge is 0.497 e. The third-order valence-electron chi connectivity index (χ3n) is 7.92. The van der Waals surface area contributed by atoms with E-state index in [0.717, 1.165) is 43.4 Å². The maximum atomic E-state index is 13.8. The molecule has 9 heteroatoms. The third kappa shape index (κ3) is 8.67. The van der Waals surface area contributed by atoms with E-state index in [1.165, 1.54) is 4.90 Å². The minimum atomic E-state index is -1.01. The van der Waals surface area contributed by atoms with Crippen molar-refractivity contribution in [1.29, 1.82) is 0 Å². The van der Waals surface area contributed by atoms with Gasteiger partial charge in [-0.3, -0.25) is 14.4 Å². The highest BCUT2D eigenvalue weighted by Crippen LogP contribution is 2.30. The number of hydrogen-bond acceptors (Lipinski definition) is 8. The quantitative estimate of drug-likeness (QED) is 0.312. The maximum Gasteiger partial charge on any atom is 0.313 e. The summed E-state index contributed by atoms with van der Waals surface area (Å²) >= 11 is 0. The number of amides is 1. The van der Waals surface area contributed by atoms with Crippen LogP contribution in [-0.2, 0) is 35.2 Å². The summed E-state index contributed by atoms with van der Waals surface area (Å²) in [7, 11) is 1.60. The highest BCUT2D eigenvalue weighted by molar-refractivity contribution is 5.85. The van der Waals surface area contributed by atoms with Crippen molar-refractivity contribution in [2.45, 2.75) is 116 Å². The van der Waals surface area contributed by atoms with Crippen molar-refractivity contribution in [3.05, 3.63) is 29.8 Å². The lowest BCUT2D eigenvalue weighted by Crippen LogP contribution is -2.52. The second kappa shape index (κ2) is 15.4. The van der Waals surface area contributed by atoms with Crippen LogP contribution in [0.15, 0.2) is 24.3 Å². The van der Waals surface area contributed by atoms with Gasteiger partial charge in [0, 0.05) is 6.54 Å². The van der Waals surface area contributed by atoms with Gasteiger partial charge >= 0.3 is 11.9 Å². The van der Waals surface area contributed by atoms with Gasteiger partial charge in [0.1, 0.15) is 11.9 Å². The number of esters is 2. The van der Waals surface area contributed by atoms with E-state index in [4.69, 9.17) is 18.9 Å². The van der Waals surface area contributed by atoms with Crippen molar-refractivity contribution in [2.24, 2.45) is 11.8 Å². The Morgan fingerprint density at radius 1 is 1.05 bits per heavy atom. The van der Waals surface area contributed by atoms with Crippen LogP contribution in [-0.4, -0.2) is 72.0 Å². The zero-order chi connectivity index (χ0) is 29.2. The topological polar surface area (TPSA) is 112 Å². The van der Waals surface area contributed by atoms with Crippen LogP contribution in [0, 0.1) is 11.8 Å². The normalized spacial score (nSPS) is 28.0. The Morgan fingerprint density at radius 2 is 1.75 bits per heavy atom. The lowest BCUT2D eigenvalue weighted by molar-refractivity contribution is -0.177. The van der Waals surface area contributed by atoms with Crippen molar-refractivity contribution < 1.29 is 38.4 Å². The number of aliphatic hydroxyl groups is 1. The minimum absolute atomic E-state index is 0.0810. The molecule has 2 heterocycles. The van der Waals surface area contributed by atoms with Gasteiger partial charge in [0.05, 0.1) is 44.3 Å².